The summed E-state index contributed by atoms with van der Waals surface area (Å²) in [6, 6.07) is 12.3. The van der Waals surface area contributed by atoms with E-state index in [9.17, 15) is 9.18 Å². The lowest BCUT2D eigenvalue weighted by Gasteiger charge is -2.12. The molecule has 0 bridgehead atoms. The van der Waals surface area contributed by atoms with Gasteiger partial charge in [0.15, 0.2) is 0 Å². The lowest BCUT2D eigenvalue weighted by Crippen LogP contribution is -2.26. The number of aryl methyl sites for hydroxylation is 2. The van der Waals surface area contributed by atoms with E-state index in [1.54, 1.807) is 23.0 Å². The van der Waals surface area contributed by atoms with Crippen LogP contribution in [0.25, 0.3) is 16.6 Å². The Kier molecular flexibility index (Phi) is 4.08. The molecule has 29 heavy (non-hydrogen) atoms. The molecule has 146 valence electrons. The number of fused-ring (bicyclic) bond motifs is 1. The molecule has 5 nitrogen and oxygen atoms in total. The van der Waals surface area contributed by atoms with E-state index in [2.05, 4.69) is 16.3 Å². The smallest absolute Gasteiger partial charge is 0.265 e. The molecular formula is C23H21FN4O. The molecule has 0 atom stereocenters. The summed E-state index contributed by atoms with van der Waals surface area (Å²) >= 11 is 0. The van der Waals surface area contributed by atoms with E-state index in [1.807, 2.05) is 26.0 Å². The lowest BCUT2D eigenvalue weighted by atomic mass is 10.1. The summed E-state index contributed by atoms with van der Waals surface area (Å²) in [7, 11) is 0. The quantitative estimate of drug-likeness (QED) is 0.525. The van der Waals surface area contributed by atoms with Gasteiger partial charge in [-0.1, -0.05) is 29.8 Å². The predicted octanol–water partition coefficient (Wildman–Crippen LogP) is 4.26. The van der Waals surface area contributed by atoms with Crippen LogP contribution in [0.4, 0.5) is 4.39 Å². The first kappa shape index (κ1) is 17.8. The first-order valence-corrected chi connectivity index (χ1v) is 9.82. The fourth-order valence-corrected chi connectivity index (χ4v) is 3.85. The lowest BCUT2D eigenvalue weighted by molar-refractivity contribution is 0.614. The van der Waals surface area contributed by atoms with Crippen LogP contribution in [0.5, 0.6) is 0 Å². The van der Waals surface area contributed by atoms with E-state index < -0.39 is 0 Å². The van der Waals surface area contributed by atoms with Gasteiger partial charge in [-0.25, -0.2) is 13.8 Å². The summed E-state index contributed by atoms with van der Waals surface area (Å²) < 4.78 is 16.5. The highest BCUT2D eigenvalue weighted by Gasteiger charge is 2.30. The van der Waals surface area contributed by atoms with Gasteiger partial charge in [0.2, 0.25) is 0 Å². The zero-order valence-electron chi connectivity index (χ0n) is 16.4. The molecule has 5 rings (SSSR count). The molecule has 4 aromatic rings. The van der Waals surface area contributed by atoms with Gasteiger partial charge >= 0.3 is 0 Å². The van der Waals surface area contributed by atoms with Crippen LogP contribution in [0.2, 0.25) is 0 Å². The van der Waals surface area contributed by atoms with Crippen molar-refractivity contribution in [1.82, 2.24) is 19.6 Å². The molecule has 0 unspecified atom stereocenters. The van der Waals surface area contributed by atoms with Crippen molar-refractivity contribution in [3.05, 3.63) is 87.2 Å². The fraction of sp³-hybridized carbons (Fsp3) is 0.261. The Morgan fingerprint density at radius 1 is 1.10 bits per heavy atom. The highest BCUT2D eigenvalue weighted by atomic mass is 19.1. The van der Waals surface area contributed by atoms with Crippen LogP contribution in [0, 0.1) is 19.7 Å². The van der Waals surface area contributed by atoms with Gasteiger partial charge in [-0.15, -0.1) is 0 Å². The molecular weight excluding hydrogens is 367 g/mol. The average molecular weight is 388 g/mol. The summed E-state index contributed by atoms with van der Waals surface area (Å²) in [5.41, 5.74) is 5.24. The number of hydrogen-bond acceptors (Lipinski definition) is 3. The molecule has 0 N–H and O–H groups in total. The van der Waals surface area contributed by atoms with Crippen LogP contribution >= 0.6 is 0 Å². The molecule has 1 aliphatic rings. The summed E-state index contributed by atoms with van der Waals surface area (Å²) in [5.74, 6) is 0.0745. The van der Waals surface area contributed by atoms with Crippen molar-refractivity contribution in [2.45, 2.75) is 39.2 Å². The number of halogens is 1. The monoisotopic (exact) mass is 388 g/mol. The van der Waals surface area contributed by atoms with Crippen LogP contribution in [-0.4, -0.2) is 19.6 Å². The van der Waals surface area contributed by atoms with Crippen molar-refractivity contribution in [1.29, 1.82) is 0 Å². The van der Waals surface area contributed by atoms with Crippen molar-refractivity contribution in [2.75, 3.05) is 0 Å². The third-order valence-corrected chi connectivity index (χ3v) is 5.50. The Balaban J connectivity index is 1.71. The van der Waals surface area contributed by atoms with Crippen LogP contribution in [0.15, 0.2) is 53.5 Å². The Labute approximate surface area is 167 Å². The molecule has 6 heteroatoms. The fourth-order valence-electron chi connectivity index (χ4n) is 3.85. The Morgan fingerprint density at radius 3 is 2.55 bits per heavy atom. The number of aromatic nitrogens is 4. The maximum Gasteiger partial charge on any atom is 0.293 e. The Morgan fingerprint density at radius 2 is 1.86 bits per heavy atom. The minimum atomic E-state index is -0.295. The third-order valence-electron chi connectivity index (χ3n) is 5.50. The maximum absolute atomic E-state index is 13.4. The maximum atomic E-state index is 13.4. The molecule has 1 saturated carbocycles. The van der Waals surface area contributed by atoms with Crippen LogP contribution in [-0.2, 0) is 6.54 Å². The predicted molar refractivity (Wildman–Crippen MR) is 110 cm³/mol. The van der Waals surface area contributed by atoms with Crippen molar-refractivity contribution in [2.24, 2.45) is 0 Å². The molecule has 2 aromatic heterocycles. The van der Waals surface area contributed by atoms with Gasteiger partial charge in [0.25, 0.3) is 5.56 Å². The standard InChI is InChI=1S/C23H21FN4O/c1-14-3-10-20(15(2)11-14)28-22-19(12-25-28)21(17-6-7-17)26-27(23(22)29)13-16-4-8-18(24)9-5-16/h3-5,8-12,17H,6-7,13H2,1-2H3. The zero-order valence-corrected chi connectivity index (χ0v) is 16.4. The van der Waals surface area contributed by atoms with Gasteiger partial charge in [0.05, 0.1) is 24.1 Å². The van der Waals surface area contributed by atoms with E-state index >= 15 is 0 Å². The van der Waals surface area contributed by atoms with E-state index in [4.69, 9.17) is 0 Å². The molecule has 0 spiro atoms. The van der Waals surface area contributed by atoms with Crippen LogP contribution < -0.4 is 5.56 Å². The SMILES string of the molecule is Cc1ccc(-n2ncc3c(C4CC4)nn(Cc4ccc(F)cc4)c(=O)c32)c(C)c1. The van der Waals surface area contributed by atoms with Gasteiger partial charge in [0.1, 0.15) is 11.3 Å². The summed E-state index contributed by atoms with van der Waals surface area (Å²) in [6.07, 6.45) is 3.91. The molecule has 1 aliphatic carbocycles. The molecule has 2 aromatic carbocycles. The molecule has 0 saturated heterocycles. The molecule has 2 heterocycles. The molecule has 0 radical (unpaired) electrons. The number of benzene rings is 2. The minimum absolute atomic E-state index is 0.189. The molecule has 0 amide bonds. The van der Waals surface area contributed by atoms with Crippen molar-refractivity contribution in [3.63, 3.8) is 0 Å². The highest BCUT2D eigenvalue weighted by Crippen LogP contribution is 2.41. The normalized spacial score (nSPS) is 13.9. The van der Waals surface area contributed by atoms with Gasteiger partial charge in [-0.2, -0.15) is 10.2 Å². The number of rotatable bonds is 4. The second kappa shape index (κ2) is 6.65. The summed E-state index contributed by atoms with van der Waals surface area (Å²) in [6.45, 7) is 4.37. The van der Waals surface area contributed by atoms with E-state index in [-0.39, 0.29) is 11.4 Å². The van der Waals surface area contributed by atoms with E-state index in [0.29, 0.717) is 18.0 Å². The van der Waals surface area contributed by atoms with E-state index in [0.717, 1.165) is 46.3 Å². The number of nitrogens with zero attached hydrogens (tertiary/aromatic N) is 4. The Bertz CT molecular complexity index is 1280. The van der Waals surface area contributed by atoms with Crippen molar-refractivity contribution in [3.8, 4) is 5.69 Å². The first-order valence-electron chi connectivity index (χ1n) is 9.82. The van der Waals surface area contributed by atoms with Gasteiger partial charge < -0.3 is 0 Å². The second-order valence-corrected chi connectivity index (χ2v) is 7.86. The Hall–Kier alpha value is -3.28. The highest BCUT2D eigenvalue weighted by molar-refractivity contribution is 5.82. The van der Waals surface area contributed by atoms with Crippen molar-refractivity contribution >= 4 is 10.9 Å². The topological polar surface area (TPSA) is 52.7 Å². The minimum Gasteiger partial charge on any atom is -0.265 e. The zero-order chi connectivity index (χ0) is 20.1. The van der Waals surface area contributed by atoms with Gasteiger partial charge in [-0.3, -0.25) is 4.79 Å². The first-order chi connectivity index (χ1) is 14.0. The van der Waals surface area contributed by atoms with Crippen molar-refractivity contribution < 1.29 is 4.39 Å². The van der Waals surface area contributed by atoms with Crippen LogP contribution in [0.1, 0.15) is 41.1 Å². The molecule has 0 aliphatic heterocycles. The average Bonchev–Trinajstić information content (AvgIpc) is 3.44. The summed E-state index contributed by atoms with van der Waals surface area (Å²) in [5, 5.41) is 10.1. The second-order valence-electron chi connectivity index (χ2n) is 7.86. The molecule has 1 fully saturated rings. The number of hydrogen-bond donors (Lipinski definition) is 0. The van der Waals surface area contributed by atoms with Gasteiger partial charge in [0, 0.05) is 11.3 Å². The van der Waals surface area contributed by atoms with Gasteiger partial charge in [-0.05, 0) is 56.0 Å². The largest absolute Gasteiger partial charge is 0.293 e. The van der Waals surface area contributed by atoms with Crippen LogP contribution in [0.3, 0.4) is 0 Å². The third kappa shape index (κ3) is 3.14. The summed E-state index contributed by atoms with van der Waals surface area (Å²) in [4.78, 5) is 13.4. The van der Waals surface area contributed by atoms with E-state index in [1.165, 1.54) is 16.8 Å².